The first-order valence-electron chi connectivity index (χ1n) is 8.68. The average molecular weight is 415 g/mol. The number of aryl methyl sites for hydroxylation is 1. The molecular weight excluding hydrogens is 396 g/mol. The molecular formula is C21H19ClN2O3S. The number of hydrogen-bond donors (Lipinski definition) is 1. The third-order valence-electron chi connectivity index (χ3n) is 4.03. The quantitative estimate of drug-likeness (QED) is 0.583. The minimum Gasteiger partial charge on any atom is -0.452 e. The Bertz CT molecular complexity index is 988. The predicted octanol–water partition coefficient (Wildman–Crippen LogP) is 4.88. The van der Waals surface area contributed by atoms with Crippen LogP contribution in [0.4, 0.5) is 5.69 Å². The van der Waals surface area contributed by atoms with Crippen molar-refractivity contribution in [3.8, 4) is 10.6 Å². The highest BCUT2D eigenvalue weighted by Crippen LogP contribution is 2.24. The van der Waals surface area contributed by atoms with E-state index in [1.807, 2.05) is 42.6 Å². The lowest BCUT2D eigenvalue weighted by molar-refractivity contribution is -0.152. The van der Waals surface area contributed by atoms with Crippen molar-refractivity contribution in [2.75, 3.05) is 5.32 Å². The lowest BCUT2D eigenvalue weighted by Gasteiger charge is -2.14. The van der Waals surface area contributed by atoms with Gasteiger partial charge in [0.05, 0.1) is 12.1 Å². The number of nitrogens with one attached hydrogen (secondary N) is 1. The van der Waals surface area contributed by atoms with E-state index >= 15 is 0 Å². The molecule has 0 aliphatic carbocycles. The van der Waals surface area contributed by atoms with Gasteiger partial charge in [0.2, 0.25) is 0 Å². The van der Waals surface area contributed by atoms with E-state index in [0.717, 1.165) is 16.1 Å². The number of carbonyl (C=O) groups is 2. The second kappa shape index (κ2) is 8.99. The minimum atomic E-state index is -0.932. The number of aromatic nitrogens is 1. The predicted molar refractivity (Wildman–Crippen MR) is 112 cm³/mol. The van der Waals surface area contributed by atoms with Crippen LogP contribution in [-0.2, 0) is 20.7 Å². The van der Waals surface area contributed by atoms with Gasteiger partial charge in [-0.2, -0.15) is 0 Å². The van der Waals surface area contributed by atoms with E-state index in [-0.39, 0.29) is 6.42 Å². The van der Waals surface area contributed by atoms with E-state index in [1.165, 1.54) is 18.3 Å². The molecule has 0 saturated carbocycles. The number of anilines is 1. The van der Waals surface area contributed by atoms with Crippen molar-refractivity contribution < 1.29 is 14.3 Å². The standard InChI is InChI=1S/C21H19ClN2O3S/c1-13-8-9-16(22)10-18(13)24-20(26)14(2)27-19(25)11-17-12-28-21(23-17)15-6-4-3-5-7-15/h3-10,12,14H,11H2,1-2H3,(H,24,26). The van der Waals surface area contributed by atoms with Gasteiger partial charge in [-0.1, -0.05) is 48.0 Å². The Kier molecular flexibility index (Phi) is 6.44. The summed E-state index contributed by atoms with van der Waals surface area (Å²) in [4.78, 5) is 29.0. The molecule has 3 rings (SSSR count). The zero-order valence-electron chi connectivity index (χ0n) is 15.4. The van der Waals surface area contributed by atoms with Gasteiger partial charge in [-0.05, 0) is 31.5 Å². The number of rotatable bonds is 6. The zero-order chi connectivity index (χ0) is 20.1. The van der Waals surface area contributed by atoms with Crippen LogP contribution in [0.15, 0.2) is 53.9 Å². The van der Waals surface area contributed by atoms with Crippen LogP contribution < -0.4 is 5.32 Å². The maximum atomic E-state index is 12.3. The van der Waals surface area contributed by atoms with Crippen LogP contribution in [0, 0.1) is 6.92 Å². The van der Waals surface area contributed by atoms with Gasteiger partial charge < -0.3 is 10.1 Å². The van der Waals surface area contributed by atoms with Crippen LogP contribution in [0.3, 0.4) is 0 Å². The summed E-state index contributed by atoms with van der Waals surface area (Å²) in [6.45, 7) is 3.39. The zero-order valence-corrected chi connectivity index (χ0v) is 17.0. The van der Waals surface area contributed by atoms with Crippen LogP contribution in [0.1, 0.15) is 18.2 Å². The van der Waals surface area contributed by atoms with Crippen LogP contribution >= 0.6 is 22.9 Å². The molecule has 7 heteroatoms. The first-order chi connectivity index (χ1) is 13.4. The number of amides is 1. The van der Waals surface area contributed by atoms with Gasteiger partial charge in [-0.3, -0.25) is 9.59 Å². The number of hydrogen-bond acceptors (Lipinski definition) is 5. The monoisotopic (exact) mass is 414 g/mol. The SMILES string of the molecule is Cc1ccc(Cl)cc1NC(=O)C(C)OC(=O)Cc1csc(-c2ccccc2)n1. The molecule has 1 N–H and O–H groups in total. The summed E-state index contributed by atoms with van der Waals surface area (Å²) in [5, 5.41) is 5.91. The van der Waals surface area contributed by atoms with E-state index in [1.54, 1.807) is 18.2 Å². The summed E-state index contributed by atoms with van der Waals surface area (Å²) >= 11 is 7.42. The normalized spacial score (nSPS) is 11.7. The van der Waals surface area contributed by atoms with Gasteiger partial charge in [0.1, 0.15) is 5.01 Å². The second-order valence-electron chi connectivity index (χ2n) is 6.27. The summed E-state index contributed by atoms with van der Waals surface area (Å²) in [5.41, 5.74) is 3.07. The first-order valence-corrected chi connectivity index (χ1v) is 9.94. The number of carbonyl (C=O) groups excluding carboxylic acids is 2. The van der Waals surface area contributed by atoms with Crippen LogP contribution in [0.25, 0.3) is 10.6 Å². The molecule has 2 aromatic carbocycles. The second-order valence-corrected chi connectivity index (χ2v) is 7.56. The Hall–Kier alpha value is -2.70. The molecule has 0 aliphatic rings. The Morgan fingerprint density at radius 3 is 2.71 bits per heavy atom. The van der Waals surface area contributed by atoms with Gasteiger partial charge >= 0.3 is 5.97 Å². The fraction of sp³-hybridized carbons (Fsp3) is 0.190. The highest BCUT2D eigenvalue weighted by Gasteiger charge is 2.19. The highest BCUT2D eigenvalue weighted by atomic mass is 35.5. The van der Waals surface area contributed by atoms with Crippen molar-refractivity contribution in [1.29, 1.82) is 0 Å². The van der Waals surface area contributed by atoms with E-state index in [0.29, 0.717) is 16.4 Å². The van der Waals surface area contributed by atoms with Crippen molar-refractivity contribution in [1.82, 2.24) is 4.98 Å². The van der Waals surface area contributed by atoms with Gasteiger partial charge in [-0.15, -0.1) is 11.3 Å². The molecule has 3 aromatic rings. The largest absolute Gasteiger partial charge is 0.452 e. The molecule has 0 radical (unpaired) electrons. The minimum absolute atomic E-state index is 0.0111. The molecule has 1 amide bonds. The Labute approximate surface area is 172 Å². The number of thiazole rings is 1. The first kappa shape index (κ1) is 20.0. The smallest absolute Gasteiger partial charge is 0.312 e. The average Bonchev–Trinajstić information content (AvgIpc) is 3.13. The number of halogens is 1. The molecule has 1 aromatic heterocycles. The van der Waals surface area contributed by atoms with Gasteiger partial charge in [0, 0.05) is 21.7 Å². The van der Waals surface area contributed by atoms with E-state index in [9.17, 15) is 9.59 Å². The van der Waals surface area contributed by atoms with Crippen molar-refractivity contribution in [3.63, 3.8) is 0 Å². The topological polar surface area (TPSA) is 68.3 Å². The molecule has 144 valence electrons. The van der Waals surface area contributed by atoms with E-state index in [4.69, 9.17) is 16.3 Å². The molecule has 5 nitrogen and oxygen atoms in total. The molecule has 0 spiro atoms. The molecule has 0 bridgehead atoms. The van der Waals surface area contributed by atoms with E-state index in [2.05, 4.69) is 10.3 Å². The molecule has 1 atom stereocenters. The van der Waals surface area contributed by atoms with E-state index < -0.39 is 18.0 Å². The number of ether oxygens (including phenoxy) is 1. The van der Waals surface area contributed by atoms with Gasteiger partial charge in [0.15, 0.2) is 6.10 Å². The number of nitrogens with zero attached hydrogens (tertiary/aromatic N) is 1. The summed E-state index contributed by atoms with van der Waals surface area (Å²) in [5.74, 6) is -0.919. The number of esters is 1. The maximum Gasteiger partial charge on any atom is 0.312 e. The summed E-state index contributed by atoms with van der Waals surface area (Å²) in [6.07, 6.45) is -0.921. The lowest BCUT2D eigenvalue weighted by Crippen LogP contribution is -2.30. The molecule has 0 aliphatic heterocycles. The Morgan fingerprint density at radius 2 is 1.96 bits per heavy atom. The lowest BCUT2D eigenvalue weighted by atomic mass is 10.2. The van der Waals surface area contributed by atoms with Crippen LogP contribution in [-0.4, -0.2) is 23.0 Å². The fourth-order valence-corrected chi connectivity index (χ4v) is 3.50. The van der Waals surface area contributed by atoms with Crippen molar-refractivity contribution >= 4 is 40.5 Å². The van der Waals surface area contributed by atoms with Crippen LogP contribution in [0.5, 0.6) is 0 Å². The van der Waals surface area contributed by atoms with Crippen molar-refractivity contribution in [2.24, 2.45) is 0 Å². The highest BCUT2D eigenvalue weighted by molar-refractivity contribution is 7.13. The van der Waals surface area contributed by atoms with Crippen molar-refractivity contribution in [2.45, 2.75) is 26.4 Å². The van der Waals surface area contributed by atoms with Crippen LogP contribution in [0.2, 0.25) is 5.02 Å². The maximum absolute atomic E-state index is 12.3. The van der Waals surface area contributed by atoms with Gasteiger partial charge in [0.25, 0.3) is 5.91 Å². The summed E-state index contributed by atoms with van der Waals surface area (Å²) < 4.78 is 5.25. The van der Waals surface area contributed by atoms with Gasteiger partial charge in [-0.25, -0.2) is 4.98 Å². The van der Waals surface area contributed by atoms with Crippen molar-refractivity contribution in [3.05, 3.63) is 70.2 Å². The third kappa shape index (κ3) is 5.18. The number of benzene rings is 2. The Morgan fingerprint density at radius 1 is 1.21 bits per heavy atom. The summed E-state index contributed by atoms with van der Waals surface area (Å²) in [7, 11) is 0. The molecule has 0 fully saturated rings. The molecule has 1 unspecified atom stereocenters. The molecule has 1 heterocycles. The summed E-state index contributed by atoms with van der Waals surface area (Å²) in [6, 6.07) is 14.9. The third-order valence-corrected chi connectivity index (χ3v) is 5.21. The Balaban J connectivity index is 1.56. The molecule has 28 heavy (non-hydrogen) atoms. The molecule has 0 saturated heterocycles. The fourth-order valence-electron chi connectivity index (χ4n) is 2.50.